The molecule has 4 rings (SSSR count). The molecule has 2 aliphatic rings. The van der Waals surface area contributed by atoms with Gasteiger partial charge in [0.25, 0.3) is 0 Å². The Kier molecular flexibility index (Phi) is 3.74. The van der Waals surface area contributed by atoms with E-state index in [2.05, 4.69) is 39.9 Å². The lowest BCUT2D eigenvalue weighted by Gasteiger charge is -2.45. The Morgan fingerprint density at radius 3 is 3.00 bits per heavy atom. The summed E-state index contributed by atoms with van der Waals surface area (Å²) in [7, 11) is 0. The van der Waals surface area contributed by atoms with E-state index in [9.17, 15) is 0 Å². The second kappa shape index (κ2) is 5.71. The molecule has 0 aliphatic carbocycles. The number of hydrogen-bond acceptors (Lipinski definition) is 3. The molecule has 2 aromatic rings. The lowest BCUT2D eigenvalue weighted by atomic mass is 9.74. The quantitative estimate of drug-likeness (QED) is 0.906. The molecule has 21 heavy (non-hydrogen) atoms. The summed E-state index contributed by atoms with van der Waals surface area (Å²) in [4.78, 5) is 2.70. The second-order valence-electron chi connectivity index (χ2n) is 6.85. The van der Waals surface area contributed by atoms with Crippen molar-refractivity contribution < 1.29 is 0 Å². The highest BCUT2D eigenvalue weighted by Gasteiger charge is 2.36. The summed E-state index contributed by atoms with van der Waals surface area (Å²) in [6, 6.07) is 8.84. The normalized spacial score (nSPS) is 27.4. The highest BCUT2D eigenvalue weighted by molar-refractivity contribution is 7.17. The summed E-state index contributed by atoms with van der Waals surface area (Å²) in [6.45, 7) is 6.13. The maximum atomic E-state index is 3.63. The van der Waals surface area contributed by atoms with Crippen LogP contribution in [0.5, 0.6) is 0 Å². The Bertz CT molecular complexity index is 607. The van der Waals surface area contributed by atoms with Crippen LogP contribution in [0.25, 0.3) is 10.1 Å². The highest BCUT2D eigenvalue weighted by Crippen LogP contribution is 2.37. The van der Waals surface area contributed by atoms with Crippen LogP contribution in [0, 0.1) is 5.41 Å². The Morgan fingerprint density at radius 2 is 2.10 bits per heavy atom. The molecule has 2 fully saturated rings. The van der Waals surface area contributed by atoms with Crippen molar-refractivity contribution >= 4 is 21.4 Å². The van der Waals surface area contributed by atoms with Gasteiger partial charge in [0.1, 0.15) is 0 Å². The zero-order chi connectivity index (χ0) is 14.1. The van der Waals surface area contributed by atoms with Crippen molar-refractivity contribution in [3.63, 3.8) is 0 Å². The van der Waals surface area contributed by atoms with E-state index in [1.165, 1.54) is 67.5 Å². The average molecular weight is 300 g/mol. The van der Waals surface area contributed by atoms with Gasteiger partial charge in [-0.05, 0) is 66.6 Å². The van der Waals surface area contributed by atoms with Gasteiger partial charge in [0.2, 0.25) is 0 Å². The van der Waals surface area contributed by atoms with Gasteiger partial charge in [-0.2, -0.15) is 0 Å². The minimum Gasteiger partial charge on any atom is -0.316 e. The molecule has 2 saturated heterocycles. The molecule has 1 aromatic heterocycles. The summed E-state index contributed by atoms with van der Waals surface area (Å²) in [5, 5.41) is 7.46. The maximum absolute atomic E-state index is 3.63. The number of benzene rings is 1. The molecule has 112 valence electrons. The zero-order valence-corrected chi connectivity index (χ0v) is 13.4. The molecule has 1 spiro atoms. The maximum Gasteiger partial charge on any atom is 0.0346 e. The van der Waals surface area contributed by atoms with Crippen molar-refractivity contribution in [1.82, 2.24) is 10.2 Å². The van der Waals surface area contributed by atoms with Gasteiger partial charge in [-0.15, -0.1) is 11.3 Å². The van der Waals surface area contributed by atoms with Crippen LogP contribution in [0.1, 0.15) is 31.2 Å². The molecule has 1 unspecified atom stereocenters. The number of fused-ring (bicyclic) bond motifs is 1. The van der Waals surface area contributed by atoms with Crippen molar-refractivity contribution in [2.45, 2.75) is 32.2 Å². The third-order valence-electron chi connectivity index (χ3n) is 5.26. The molecular weight excluding hydrogens is 276 g/mol. The third-order valence-corrected chi connectivity index (χ3v) is 6.27. The van der Waals surface area contributed by atoms with E-state index in [1.807, 2.05) is 11.3 Å². The summed E-state index contributed by atoms with van der Waals surface area (Å²) in [5.74, 6) is 0. The van der Waals surface area contributed by atoms with Crippen LogP contribution in [-0.4, -0.2) is 31.1 Å². The number of likely N-dealkylation sites (tertiary alicyclic amines) is 1. The van der Waals surface area contributed by atoms with E-state index >= 15 is 0 Å². The third kappa shape index (κ3) is 2.75. The molecule has 0 bridgehead atoms. The summed E-state index contributed by atoms with van der Waals surface area (Å²) in [5.41, 5.74) is 2.08. The van der Waals surface area contributed by atoms with Gasteiger partial charge in [0, 0.05) is 24.3 Å². The zero-order valence-electron chi connectivity index (χ0n) is 12.6. The van der Waals surface area contributed by atoms with E-state index in [1.54, 1.807) is 0 Å². The highest BCUT2D eigenvalue weighted by atomic mass is 32.1. The van der Waals surface area contributed by atoms with Gasteiger partial charge in [0.15, 0.2) is 0 Å². The fraction of sp³-hybridized carbons (Fsp3) is 0.556. The Labute approximate surface area is 131 Å². The Hall–Kier alpha value is -0.900. The standard InChI is InChI=1S/C18H24N2S/c1-2-6-17-16(5-1)15(12-21-17)11-20-10-4-8-18(14-20)7-3-9-19-13-18/h1-2,5-6,12,19H,3-4,7-11,13-14H2. The summed E-state index contributed by atoms with van der Waals surface area (Å²) < 4.78 is 1.43. The molecular formula is C18H24N2S. The SMILES string of the molecule is c1ccc2c(CN3CCCC4(CCCNC4)C3)csc2c1. The predicted molar refractivity (Wildman–Crippen MR) is 90.9 cm³/mol. The lowest BCUT2D eigenvalue weighted by molar-refractivity contribution is 0.0604. The van der Waals surface area contributed by atoms with Gasteiger partial charge >= 0.3 is 0 Å². The van der Waals surface area contributed by atoms with Gasteiger partial charge in [0.05, 0.1) is 0 Å². The van der Waals surface area contributed by atoms with E-state index in [0.29, 0.717) is 5.41 Å². The van der Waals surface area contributed by atoms with Crippen LogP contribution in [0.15, 0.2) is 29.6 Å². The van der Waals surface area contributed by atoms with E-state index in [4.69, 9.17) is 0 Å². The number of thiophene rings is 1. The summed E-state index contributed by atoms with van der Waals surface area (Å²) in [6.07, 6.45) is 5.56. The van der Waals surface area contributed by atoms with Crippen LogP contribution in [0.2, 0.25) is 0 Å². The molecule has 1 atom stereocenters. The molecule has 3 heteroatoms. The van der Waals surface area contributed by atoms with Crippen LogP contribution in [-0.2, 0) is 6.54 Å². The van der Waals surface area contributed by atoms with E-state index in [-0.39, 0.29) is 0 Å². The van der Waals surface area contributed by atoms with E-state index in [0.717, 1.165) is 6.54 Å². The van der Waals surface area contributed by atoms with Crippen LogP contribution >= 0.6 is 11.3 Å². The van der Waals surface area contributed by atoms with Crippen LogP contribution in [0.4, 0.5) is 0 Å². The van der Waals surface area contributed by atoms with Gasteiger partial charge in [-0.1, -0.05) is 18.2 Å². The molecule has 3 heterocycles. The number of rotatable bonds is 2. The first-order chi connectivity index (χ1) is 10.3. The van der Waals surface area contributed by atoms with Crippen LogP contribution in [0.3, 0.4) is 0 Å². The smallest absolute Gasteiger partial charge is 0.0346 e. The average Bonchev–Trinajstić information content (AvgIpc) is 2.92. The van der Waals surface area contributed by atoms with Crippen molar-refractivity contribution in [1.29, 1.82) is 0 Å². The number of hydrogen-bond donors (Lipinski definition) is 1. The molecule has 1 aromatic carbocycles. The van der Waals surface area contributed by atoms with Crippen molar-refractivity contribution in [2.24, 2.45) is 5.41 Å². The summed E-state index contributed by atoms with van der Waals surface area (Å²) >= 11 is 1.89. The first-order valence-electron chi connectivity index (χ1n) is 8.23. The minimum atomic E-state index is 0.558. The predicted octanol–water partition coefficient (Wildman–Crippen LogP) is 3.87. The largest absolute Gasteiger partial charge is 0.316 e. The Morgan fingerprint density at radius 1 is 1.19 bits per heavy atom. The second-order valence-corrected chi connectivity index (χ2v) is 7.76. The van der Waals surface area contributed by atoms with E-state index < -0.39 is 0 Å². The van der Waals surface area contributed by atoms with Crippen molar-refractivity contribution in [3.05, 3.63) is 35.2 Å². The van der Waals surface area contributed by atoms with Crippen LogP contribution < -0.4 is 5.32 Å². The van der Waals surface area contributed by atoms with Gasteiger partial charge < -0.3 is 5.32 Å². The Balaban J connectivity index is 1.51. The fourth-order valence-corrected chi connectivity index (χ4v) is 5.17. The molecule has 0 radical (unpaired) electrons. The van der Waals surface area contributed by atoms with Crippen molar-refractivity contribution in [3.8, 4) is 0 Å². The van der Waals surface area contributed by atoms with Gasteiger partial charge in [-0.3, -0.25) is 4.90 Å². The topological polar surface area (TPSA) is 15.3 Å². The molecule has 2 nitrogen and oxygen atoms in total. The monoisotopic (exact) mass is 300 g/mol. The minimum absolute atomic E-state index is 0.558. The number of piperidine rings is 2. The molecule has 0 saturated carbocycles. The molecule has 2 aliphatic heterocycles. The fourth-order valence-electron chi connectivity index (χ4n) is 4.22. The van der Waals surface area contributed by atoms with Crippen molar-refractivity contribution in [2.75, 3.05) is 26.2 Å². The first-order valence-corrected chi connectivity index (χ1v) is 9.11. The lowest BCUT2D eigenvalue weighted by Crippen LogP contribution is -2.50. The molecule has 1 N–H and O–H groups in total. The molecule has 0 amide bonds. The van der Waals surface area contributed by atoms with Gasteiger partial charge in [-0.25, -0.2) is 0 Å². The number of nitrogens with zero attached hydrogens (tertiary/aromatic N) is 1. The number of nitrogens with one attached hydrogen (secondary N) is 1. The first kappa shape index (κ1) is 13.7.